The van der Waals surface area contributed by atoms with Crippen molar-refractivity contribution in [3.8, 4) is 0 Å². The molecular formula is C17H20N6O3S. The first-order valence-electron chi connectivity index (χ1n) is 8.45. The Hall–Kier alpha value is -2.88. The number of thioether (sulfide) groups is 1. The van der Waals surface area contributed by atoms with Crippen molar-refractivity contribution in [2.75, 3.05) is 5.75 Å². The second kappa shape index (κ2) is 7.78. The largest absolute Gasteiger partial charge is 0.369 e. The van der Waals surface area contributed by atoms with Crippen LogP contribution in [-0.4, -0.2) is 42.8 Å². The SMILES string of the molecule is CC(C)NC(=O)CCn1c(=O)c2ccccc2n2c(SCC(N)=O)nnc12. The van der Waals surface area contributed by atoms with Crippen LogP contribution >= 0.6 is 11.8 Å². The van der Waals surface area contributed by atoms with Gasteiger partial charge in [-0.1, -0.05) is 23.9 Å². The number of carbonyl (C=O) groups excluding carboxylic acids is 2. The van der Waals surface area contributed by atoms with Gasteiger partial charge in [-0.05, 0) is 26.0 Å². The van der Waals surface area contributed by atoms with E-state index < -0.39 is 5.91 Å². The average molecular weight is 388 g/mol. The Kier molecular flexibility index (Phi) is 5.45. The van der Waals surface area contributed by atoms with Crippen LogP contribution < -0.4 is 16.6 Å². The zero-order valence-corrected chi connectivity index (χ0v) is 15.8. The topological polar surface area (TPSA) is 124 Å². The van der Waals surface area contributed by atoms with Crippen molar-refractivity contribution in [3.05, 3.63) is 34.6 Å². The molecule has 0 saturated heterocycles. The maximum absolute atomic E-state index is 12.9. The summed E-state index contributed by atoms with van der Waals surface area (Å²) in [5, 5.41) is 12.0. The van der Waals surface area contributed by atoms with E-state index in [0.717, 1.165) is 11.8 Å². The highest BCUT2D eigenvalue weighted by Crippen LogP contribution is 2.21. The molecule has 3 N–H and O–H groups in total. The lowest BCUT2D eigenvalue weighted by Crippen LogP contribution is -2.32. The normalized spacial score (nSPS) is 11.4. The van der Waals surface area contributed by atoms with Crippen molar-refractivity contribution in [2.24, 2.45) is 5.73 Å². The fraction of sp³-hybridized carbons (Fsp3) is 0.353. The van der Waals surface area contributed by atoms with Crippen LogP contribution in [0, 0.1) is 0 Å². The Morgan fingerprint density at radius 1 is 1.26 bits per heavy atom. The van der Waals surface area contributed by atoms with E-state index in [-0.39, 0.29) is 36.2 Å². The molecule has 0 aliphatic rings. The first-order chi connectivity index (χ1) is 12.9. The van der Waals surface area contributed by atoms with Crippen LogP contribution in [0.1, 0.15) is 20.3 Å². The van der Waals surface area contributed by atoms with Gasteiger partial charge in [-0.2, -0.15) is 0 Å². The lowest BCUT2D eigenvalue weighted by atomic mass is 10.2. The third kappa shape index (κ3) is 3.95. The van der Waals surface area contributed by atoms with Crippen LogP contribution in [0.25, 0.3) is 16.7 Å². The summed E-state index contributed by atoms with van der Waals surface area (Å²) in [4.78, 5) is 36.0. The van der Waals surface area contributed by atoms with Gasteiger partial charge in [0, 0.05) is 19.0 Å². The highest BCUT2D eigenvalue weighted by molar-refractivity contribution is 7.99. The van der Waals surface area contributed by atoms with E-state index in [1.54, 1.807) is 22.6 Å². The first kappa shape index (κ1) is 18.9. The van der Waals surface area contributed by atoms with Crippen molar-refractivity contribution < 1.29 is 9.59 Å². The molecule has 10 heteroatoms. The molecular weight excluding hydrogens is 368 g/mol. The van der Waals surface area contributed by atoms with Crippen LogP contribution in [0.4, 0.5) is 0 Å². The number of rotatable bonds is 7. The average Bonchev–Trinajstić information content (AvgIpc) is 3.03. The van der Waals surface area contributed by atoms with E-state index in [4.69, 9.17) is 5.73 Å². The molecule has 142 valence electrons. The van der Waals surface area contributed by atoms with E-state index in [9.17, 15) is 14.4 Å². The van der Waals surface area contributed by atoms with E-state index in [2.05, 4.69) is 15.5 Å². The molecule has 0 bridgehead atoms. The summed E-state index contributed by atoms with van der Waals surface area (Å²) in [7, 11) is 0. The van der Waals surface area contributed by atoms with Gasteiger partial charge in [0.2, 0.25) is 17.6 Å². The highest BCUT2D eigenvalue weighted by Gasteiger charge is 2.17. The number of amides is 2. The zero-order valence-electron chi connectivity index (χ0n) is 15.0. The second-order valence-electron chi connectivity index (χ2n) is 6.32. The van der Waals surface area contributed by atoms with Gasteiger partial charge in [-0.3, -0.25) is 23.4 Å². The molecule has 0 radical (unpaired) electrons. The van der Waals surface area contributed by atoms with Crippen molar-refractivity contribution in [1.29, 1.82) is 0 Å². The molecule has 0 aliphatic heterocycles. The molecule has 2 aromatic heterocycles. The van der Waals surface area contributed by atoms with Gasteiger partial charge < -0.3 is 11.1 Å². The number of hydrogen-bond donors (Lipinski definition) is 2. The molecule has 3 rings (SSSR count). The number of para-hydroxylation sites is 1. The van der Waals surface area contributed by atoms with Gasteiger partial charge in [0.05, 0.1) is 16.7 Å². The van der Waals surface area contributed by atoms with E-state index >= 15 is 0 Å². The van der Waals surface area contributed by atoms with Crippen LogP contribution in [0.15, 0.2) is 34.2 Å². The van der Waals surface area contributed by atoms with E-state index in [1.807, 2.05) is 19.9 Å². The molecule has 0 spiro atoms. The fourth-order valence-corrected chi connectivity index (χ4v) is 3.45. The molecule has 2 amide bonds. The van der Waals surface area contributed by atoms with Gasteiger partial charge in [-0.25, -0.2) is 0 Å². The van der Waals surface area contributed by atoms with Crippen molar-refractivity contribution in [2.45, 2.75) is 38.0 Å². The summed E-state index contributed by atoms with van der Waals surface area (Å²) >= 11 is 1.15. The fourth-order valence-electron chi connectivity index (χ4n) is 2.77. The van der Waals surface area contributed by atoms with Gasteiger partial charge in [0.1, 0.15) is 0 Å². The minimum atomic E-state index is -0.472. The van der Waals surface area contributed by atoms with Crippen molar-refractivity contribution >= 4 is 40.3 Å². The minimum absolute atomic E-state index is 0.0238. The van der Waals surface area contributed by atoms with Crippen LogP contribution in [0.5, 0.6) is 0 Å². The number of nitrogens with zero attached hydrogens (tertiary/aromatic N) is 4. The standard InChI is InChI=1S/C17H20N6O3S/c1-10(2)19-14(25)7-8-22-15(26)11-5-3-4-6-12(11)23-16(22)20-21-17(23)27-9-13(18)24/h3-6,10H,7-9H2,1-2H3,(H2,18,24)(H,19,25). The van der Waals surface area contributed by atoms with Crippen LogP contribution in [0.2, 0.25) is 0 Å². The summed E-state index contributed by atoms with van der Waals surface area (Å²) in [6.45, 7) is 3.92. The molecule has 0 atom stereocenters. The van der Waals surface area contributed by atoms with Gasteiger partial charge in [0.25, 0.3) is 5.56 Å². The lowest BCUT2D eigenvalue weighted by molar-refractivity contribution is -0.121. The molecule has 27 heavy (non-hydrogen) atoms. The van der Waals surface area contributed by atoms with Crippen LogP contribution in [0.3, 0.4) is 0 Å². The Morgan fingerprint density at radius 2 is 2.00 bits per heavy atom. The number of benzene rings is 1. The second-order valence-corrected chi connectivity index (χ2v) is 7.26. The predicted octanol–water partition coefficient (Wildman–Crippen LogP) is 0.536. The Labute approximate surface area is 158 Å². The molecule has 9 nitrogen and oxygen atoms in total. The smallest absolute Gasteiger partial charge is 0.262 e. The molecule has 1 aromatic carbocycles. The number of aromatic nitrogens is 4. The van der Waals surface area contributed by atoms with E-state index in [0.29, 0.717) is 21.8 Å². The van der Waals surface area contributed by atoms with E-state index in [1.165, 1.54) is 4.57 Å². The third-order valence-corrected chi connectivity index (χ3v) is 4.79. The van der Waals surface area contributed by atoms with Crippen molar-refractivity contribution in [3.63, 3.8) is 0 Å². The number of aryl methyl sites for hydroxylation is 1. The summed E-state index contributed by atoms with van der Waals surface area (Å²) in [5.74, 6) is -0.251. The maximum Gasteiger partial charge on any atom is 0.262 e. The minimum Gasteiger partial charge on any atom is -0.369 e. The van der Waals surface area contributed by atoms with Gasteiger partial charge >= 0.3 is 0 Å². The Morgan fingerprint density at radius 3 is 2.70 bits per heavy atom. The van der Waals surface area contributed by atoms with Crippen LogP contribution in [-0.2, 0) is 16.1 Å². The molecule has 0 fully saturated rings. The molecule has 0 saturated carbocycles. The summed E-state index contributed by atoms with van der Waals surface area (Å²) in [5.41, 5.74) is 5.62. The lowest BCUT2D eigenvalue weighted by Gasteiger charge is -2.12. The molecule has 3 aromatic rings. The first-order valence-corrected chi connectivity index (χ1v) is 9.44. The summed E-state index contributed by atoms with van der Waals surface area (Å²) < 4.78 is 3.15. The quantitative estimate of drug-likeness (QED) is 0.569. The third-order valence-electron chi connectivity index (χ3n) is 3.83. The van der Waals surface area contributed by atoms with Gasteiger partial charge in [0.15, 0.2) is 5.16 Å². The number of fused-ring (bicyclic) bond motifs is 3. The Bertz CT molecular complexity index is 1070. The summed E-state index contributed by atoms with van der Waals surface area (Å²) in [6, 6.07) is 7.10. The number of carbonyl (C=O) groups is 2. The molecule has 0 unspecified atom stereocenters. The molecule has 2 heterocycles. The summed E-state index contributed by atoms with van der Waals surface area (Å²) in [6.07, 6.45) is 0.142. The van der Waals surface area contributed by atoms with Crippen molar-refractivity contribution in [1.82, 2.24) is 24.5 Å². The highest BCUT2D eigenvalue weighted by atomic mass is 32.2. The number of hydrogen-bond acceptors (Lipinski definition) is 6. The maximum atomic E-state index is 12.9. The monoisotopic (exact) mass is 388 g/mol. The predicted molar refractivity (Wildman–Crippen MR) is 103 cm³/mol. The number of nitrogens with two attached hydrogens (primary N) is 1. The Balaban J connectivity index is 2.09. The zero-order chi connectivity index (χ0) is 19.6. The van der Waals surface area contributed by atoms with Gasteiger partial charge in [-0.15, -0.1) is 10.2 Å². The number of nitrogens with one attached hydrogen (secondary N) is 1. The number of primary amides is 1. The molecule has 0 aliphatic carbocycles.